The molecule has 5 aromatic heterocycles. The summed E-state index contributed by atoms with van der Waals surface area (Å²) in [7, 11) is 0. The number of benzene rings is 9. The molecular weight excluding hydrogens is 811 g/mol. The monoisotopic (exact) mass is 843 g/mol. The predicted octanol–water partition coefficient (Wildman–Crippen LogP) is 14.3. The zero-order valence-electron chi connectivity index (χ0n) is 35.1. The maximum Gasteiger partial charge on any atom is 0.238 e. The van der Waals surface area contributed by atoms with E-state index in [0.717, 1.165) is 104 Å². The largest absolute Gasteiger partial charge is 0.455 e. The van der Waals surface area contributed by atoms with Crippen molar-refractivity contribution in [1.29, 1.82) is 5.26 Å². The molecule has 0 radical (unpaired) electrons. The Morgan fingerprint density at radius 1 is 0.394 bits per heavy atom. The van der Waals surface area contributed by atoms with Gasteiger partial charge in [0.15, 0.2) is 11.6 Å². The molecule has 5 heterocycles. The fraction of sp³-hybridized carbons (Fsp3) is 0. The lowest BCUT2D eigenvalue weighted by molar-refractivity contribution is 0.673. The molecule has 0 fully saturated rings. The van der Waals surface area contributed by atoms with Crippen molar-refractivity contribution in [3.8, 4) is 46.2 Å². The van der Waals surface area contributed by atoms with Crippen LogP contribution in [-0.2, 0) is 0 Å². The first-order chi connectivity index (χ1) is 32.7. The van der Waals surface area contributed by atoms with Gasteiger partial charge in [-0.3, -0.25) is 4.57 Å². The third kappa shape index (κ3) is 5.16. The highest BCUT2D eigenvalue weighted by Gasteiger charge is 2.23. The van der Waals surface area contributed by atoms with Crippen molar-refractivity contribution in [3.05, 3.63) is 206 Å². The van der Waals surface area contributed by atoms with Gasteiger partial charge in [-0.2, -0.15) is 15.2 Å². The van der Waals surface area contributed by atoms with Crippen molar-refractivity contribution in [2.24, 2.45) is 0 Å². The molecule has 0 spiro atoms. The van der Waals surface area contributed by atoms with E-state index in [2.05, 4.69) is 147 Å². The quantitative estimate of drug-likeness (QED) is 0.172. The van der Waals surface area contributed by atoms with Crippen LogP contribution < -0.4 is 0 Å². The smallest absolute Gasteiger partial charge is 0.238 e. The number of furan rings is 1. The molecule has 0 aliphatic heterocycles. The summed E-state index contributed by atoms with van der Waals surface area (Å²) in [4.78, 5) is 15.3. The number of aromatic nitrogens is 6. The Morgan fingerprint density at radius 2 is 0.970 bits per heavy atom. The maximum absolute atomic E-state index is 11.0. The van der Waals surface area contributed by atoms with Gasteiger partial charge < -0.3 is 13.6 Å². The molecule has 0 saturated carbocycles. The van der Waals surface area contributed by atoms with Gasteiger partial charge >= 0.3 is 0 Å². The Morgan fingerprint density at radius 3 is 1.65 bits per heavy atom. The maximum atomic E-state index is 11.0. The van der Waals surface area contributed by atoms with Crippen LogP contribution in [0.25, 0.3) is 127 Å². The van der Waals surface area contributed by atoms with E-state index >= 15 is 0 Å². The molecule has 8 nitrogen and oxygen atoms in total. The van der Waals surface area contributed by atoms with E-state index in [1.54, 1.807) is 0 Å². The number of hydrogen-bond acceptors (Lipinski definition) is 5. The molecule has 0 unspecified atom stereocenters. The Labute approximate surface area is 376 Å². The molecule has 14 rings (SSSR count). The molecule has 9 aromatic carbocycles. The number of nitriles is 1. The Bertz CT molecular complexity index is 4310. The Hall–Kier alpha value is -9.32. The molecule has 0 amide bonds. The van der Waals surface area contributed by atoms with Gasteiger partial charge in [-0.25, -0.2) is 4.98 Å². The van der Waals surface area contributed by atoms with E-state index in [9.17, 15) is 5.26 Å². The molecule has 0 atom stereocenters. The van der Waals surface area contributed by atoms with Crippen LogP contribution >= 0.6 is 0 Å². The SMILES string of the molecule is N#Cc1cc(-c2nc(-c3ccccc3)nc(-n3c4ccccc4c4ccccc43)n2)ccc1-n1c2ccccc2c2cc3c(cc21)oc1c3ccc2c1c1ccccc1n2-c1ccccc1. The Kier molecular flexibility index (Phi) is 7.59. The molecule has 8 heteroatoms. The van der Waals surface area contributed by atoms with Gasteiger partial charge in [0, 0.05) is 60.6 Å². The first kappa shape index (κ1) is 36.2. The van der Waals surface area contributed by atoms with Crippen LogP contribution in [0.5, 0.6) is 0 Å². The second kappa shape index (κ2) is 13.8. The zero-order valence-corrected chi connectivity index (χ0v) is 35.1. The average Bonchev–Trinajstić information content (AvgIpc) is 4.12. The van der Waals surface area contributed by atoms with E-state index in [1.807, 2.05) is 72.8 Å². The summed E-state index contributed by atoms with van der Waals surface area (Å²) < 4.78 is 13.6. The lowest BCUT2D eigenvalue weighted by Gasteiger charge is -2.13. The van der Waals surface area contributed by atoms with E-state index in [4.69, 9.17) is 19.4 Å². The summed E-state index contributed by atoms with van der Waals surface area (Å²) >= 11 is 0. The van der Waals surface area contributed by atoms with Gasteiger partial charge in [-0.1, -0.05) is 121 Å². The summed E-state index contributed by atoms with van der Waals surface area (Å²) in [6.45, 7) is 0. The van der Waals surface area contributed by atoms with E-state index in [-0.39, 0.29) is 0 Å². The predicted molar refractivity (Wildman–Crippen MR) is 266 cm³/mol. The summed E-state index contributed by atoms with van der Waals surface area (Å²) in [5.74, 6) is 1.51. The van der Waals surface area contributed by atoms with E-state index in [0.29, 0.717) is 28.7 Å². The first-order valence-electron chi connectivity index (χ1n) is 21.9. The fourth-order valence-electron chi connectivity index (χ4n) is 10.3. The number of fused-ring (bicyclic) bond motifs is 13. The zero-order chi connectivity index (χ0) is 43.5. The van der Waals surface area contributed by atoms with Crippen molar-refractivity contribution in [2.75, 3.05) is 0 Å². The second-order valence-electron chi connectivity index (χ2n) is 16.7. The van der Waals surface area contributed by atoms with Gasteiger partial charge in [0.2, 0.25) is 5.95 Å². The van der Waals surface area contributed by atoms with Gasteiger partial charge in [0.25, 0.3) is 0 Å². The van der Waals surface area contributed by atoms with Crippen LogP contribution in [-0.4, -0.2) is 28.7 Å². The minimum absolute atomic E-state index is 0.468. The molecule has 0 N–H and O–H groups in total. The van der Waals surface area contributed by atoms with E-state index in [1.165, 1.54) is 0 Å². The molecule has 14 aromatic rings. The summed E-state index contributed by atoms with van der Waals surface area (Å²) in [6.07, 6.45) is 0. The van der Waals surface area contributed by atoms with Crippen molar-refractivity contribution < 1.29 is 4.42 Å². The second-order valence-corrected chi connectivity index (χ2v) is 16.7. The molecule has 0 bridgehead atoms. The third-order valence-corrected chi connectivity index (χ3v) is 13.1. The van der Waals surface area contributed by atoms with Crippen LogP contribution in [0.2, 0.25) is 0 Å². The standard InChI is InChI=1S/C58H33N7O/c59-34-37-31-36(57-60-56(35-15-3-1-4-16-35)61-58(62-57)65-48-24-12-7-19-39(48)40-20-8-13-25-49(40)65)27-29-46(37)64-47-23-11-9-21-41(47)44-32-45-42-28-30-51-54(55(42)66-53(45)33-52(44)64)43-22-10-14-26-50(43)63(51)38-17-5-2-6-18-38/h1-33H. The highest BCUT2D eigenvalue weighted by Crippen LogP contribution is 2.44. The minimum atomic E-state index is 0.468. The minimum Gasteiger partial charge on any atom is -0.455 e. The normalized spacial score (nSPS) is 11.9. The number of hydrogen-bond donors (Lipinski definition) is 0. The van der Waals surface area contributed by atoms with Crippen molar-refractivity contribution >= 4 is 87.4 Å². The number of nitrogens with zero attached hydrogens (tertiary/aromatic N) is 7. The molecule has 0 aliphatic rings. The van der Waals surface area contributed by atoms with Crippen molar-refractivity contribution in [3.63, 3.8) is 0 Å². The van der Waals surface area contributed by atoms with Crippen molar-refractivity contribution in [1.82, 2.24) is 28.7 Å². The highest BCUT2D eigenvalue weighted by atomic mass is 16.3. The van der Waals surface area contributed by atoms with Crippen LogP contribution in [0, 0.1) is 11.3 Å². The number of rotatable bonds is 5. The Balaban J connectivity index is 0.971. The summed E-state index contributed by atoms with van der Waals surface area (Å²) in [5.41, 5.74) is 11.7. The summed E-state index contributed by atoms with van der Waals surface area (Å²) in [5, 5.41) is 19.7. The molecule has 66 heavy (non-hydrogen) atoms. The highest BCUT2D eigenvalue weighted by molar-refractivity contribution is 6.26. The lowest BCUT2D eigenvalue weighted by atomic mass is 10.1. The van der Waals surface area contributed by atoms with Crippen LogP contribution in [0.3, 0.4) is 0 Å². The molecule has 0 saturated heterocycles. The average molecular weight is 844 g/mol. The third-order valence-electron chi connectivity index (χ3n) is 13.1. The van der Waals surface area contributed by atoms with Crippen LogP contribution in [0.4, 0.5) is 0 Å². The van der Waals surface area contributed by atoms with Gasteiger partial charge in [0.1, 0.15) is 17.2 Å². The van der Waals surface area contributed by atoms with E-state index < -0.39 is 0 Å². The van der Waals surface area contributed by atoms with Gasteiger partial charge in [-0.15, -0.1) is 0 Å². The first-order valence-corrected chi connectivity index (χ1v) is 21.9. The fourth-order valence-corrected chi connectivity index (χ4v) is 10.3. The van der Waals surface area contributed by atoms with Gasteiger partial charge in [-0.05, 0) is 72.8 Å². The molecule has 306 valence electrons. The molecular formula is C58H33N7O. The van der Waals surface area contributed by atoms with Crippen molar-refractivity contribution in [2.45, 2.75) is 0 Å². The molecule has 0 aliphatic carbocycles. The lowest BCUT2D eigenvalue weighted by Crippen LogP contribution is -2.06. The summed E-state index contributed by atoms with van der Waals surface area (Å²) in [6, 6.07) is 71.2. The number of para-hydroxylation sites is 5. The van der Waals surface area contributed by atoms with Gasteiger partial charge in [0.05, 0.1) is 49.7 Å². The topological polar surface area (TPSA) is 90.4 Å². The van der Waals surface area contributed by atoms with Crippen LogP contribution in [0.15, 0.2) is 205 Å². The van der Waals surface area contributed by atoms with Crippen LogP contribution in [0.1, 0.15) is 5.56 Å².